The Morgan fingerprint density at radius 1 is 1.04 bits per heavy atom. The number of benzene rings is 1. The summed E-state index contributed by atoms with van der Waals surface area (Å²) in [6.45, 7) is 2.82. The number of amides is 2. The topological polar surface area (TPSA) is 58.6 Å². The number of likely N-dealkylation sites (tertiary alicyclic amines) is 1. The van der Waals surface area contributed by atoms with Crippen molar-refractivity contribution in [2.45, 2.75) is 13.3 Å². The smallest absolute Gasteiger partial charge is 0.235 e. The molecule has 5 heteroatoms. The van der Waals surface area contributed by atoms with Gasteiger partial charge in [0.25, 0.3) is 0 Å². The van der Waals surface area contributed by atoms with Gasteiger partial charge in [-0.3, -0.25) is 14.5 Å². The van der Waals surface area contributed by atoms with Crippen molar-refractivity contribution in [3.63, 3.8) is 0 Å². The molecule has 2 amide bonds. The normalized spacial score (nSPS) is 37.1. The molecule has 0 aromatic heterocycles. The molecular weight excluding hydrogens is 316 g/mol. The average molecular weight is 338 g/mol. The maximum atomic E-state index is 12.9. The van der Waals surface area contributed by atoms with Crippen molar-refractivity contribution >= 4 is 17.5 Å². The number of ether oxygens (including phenoxy) is 1. The lowest BCUT2D eigenvalue weighted by Gasteiger charge is -2.37. The average Bonchev–Trinajstić information content (AvgIpc) is 3.41. The number of hydrogen-bond donors (Lipinski definition) is 1. The number of imide groups is 1. The van der Waals surface area contributed by atoms with E-state index >= 15 is 0 Å². The van der Waals surface area contributed by atoms with Crippen molar-refractivity contribution in [1.82, 2.24) is 4.90 Å². The standard InChI is InChI=1S/C20H22N2O3/c1-2-25-12-5-3-11(4-6-12)21-10-22-19(23)17-13-7-8-14(16-9-15(13)16)18(17)20(22)24/h3-8,13-18,21H,2,9-10H2,1H3/t13-,14-,15-,16-,17+,18+/m0/s1. The Hall–Kier alpha value is -2.30. The van der Waals surface area contributed by atoms with E-state index in [0.29, 0.717) is 18.4 Å². The van der Waals surface area contributed by atoms with Crippen molar-refractivity contribution in [1.29, 1.82) is 0 Å². The predicted octanol–water partition coefficient (Wildman–Crippen LogP) is 2.51. The van der Waals surface area contributed by atoms with E-state index in [2.05, 4.69) is 17.5 Å². The Morgan fingerprint density at radius 3 is 2.20 bits per heavy atom. The van der Waals surface area contributed by atoms with Gasteiger partial charge in [0.15, 0.2) is 0 Å². The van der Waals surface area contributed by atoms with Crippen LogP contribution >= 0.6 is 0 Å². The molecule has 5 aliphatic rings. The van der Waals surface area contributed by atoms with Crippen molar-refractivity contribution in [2.75, 3.05) is 18.6 Å². The van der Waals surface area contributed by atoms with Crippen LogP contribution in [0.4, 0.5) is 5.69 Å². The second-order valence-corrected chi connectivity index (χ2v) is 7.55. The first kappa shape index (κ1) is 15.0. The minimum Gasteiger partial charge on any atom is -0.494 e. The van der Waals surface area contributed by atoms with E-state index in [1.54, 1.807) is 0 Å². The number of anilines is 1. The molecule has 2 bridgehead atoms. The molecule has 4 aliphatic carbocycles. The highest BCUT2D eigenvalue weighted by atomic mass is 16.5. The number of carbonyl (C=O) groups excluding carboxylic acids is 2. The molecule has 1 aromatic rings. The fourth-order valence-electron chi connectivity index (χ4n) is 5.18. The summed E-state index contributed by atoms with van der Waals surface area (Å²) in [5.41, 5.74) is 0.878. The highest BCUT2D eigenvalue weighted by Gasteiger charge is 2.66. The quantitative estimate of drug-likeness (QED) is 0.662. The largest absolute Gasteiger partial charge is 0.494 e. The summed E-state index contributed by atoms with van der Waals surface area (Å²) < 4.78 is 5.43. The number of nitrogens with zero attached hydrogens (tertiary/aromatic N) is 1. The molecule has 1 heterocycles. The van der Waals surface area contributed by atoms with Gasteiger partial charge in [-0.05, 0) is 61.3 Å². The Kier molecular flexibility index (Phi) is 3.21. The Morgan fingerprint density at radius 2 is 1.64 bits per heavy atom. The first-order valence-electron chi connectivity index (χ1n) is 9.19. The van der Waals surface area contributed by atoms with Crippen LogP contribution in [0.25, 0.3) is 0 Å². The first-order chi connectivity index (χ1) is 12.2. The summed E-state index contributed by atoms with van der Waals surface area (Å²) in [6.07, 6.45) is 5.60. The molecule has 1 N–H and O–H groups in total. The molecule has 6 atom stereocenters. The number of rotatable bonds is 5. The Balaban J connectivity index is 1.29. The zero-order chi connectivity index (χ0) is 17.1. The molecule has 3 fully saturated rings. The molecular formula is C20H22N2O3. The lowest BCUT2D eigenvalue weighted by atomic mass is 9.63. The number of nitrogens with one attached hydrogen (secondary N) is 1. The fraction of sp³-hybridized carbons (Fsp3) is 0.500. The molecule has 1 saturated heterocycles. The Labute approximate surface area is 147 Å². The molecule has 0 unspecified atom stereocenters. The van der Waals surface area contributed by atoms with E-state index in [9.17, 15) is 9.59 Å². The maximum Gasteiger partial charge on any atom is 0.235 e. The highest BCUT2D eigenvalue weighted by Crippen LogP contribution is 2.65. The molecule has 5 nitrogen and oxygen atoms in total. The fourth-order valence-corrected chi connectivity index (χ4v) is 5.18. The summed E-state index contributed by atoms with van der Waals surface area (Å²) >= 11 is 0. The third kappa shape index (κ3) is 2.14. The van der Waals surface area contributed by atoms with E-state index in [0.717, 1.165) is 11.4 Å². The SMILES string of the molecule is CCOc1ccc(NCN2C(=O)[C@@H]3[C@H]4C=C[C@@H]([C@@H]5C[C@@H]45)[C@H]3C2=O)cc1. The molecule has 6 rings (SSSR count). The van der Waals surface area contributed by atoms with Crippen LogP contribution in [0, 0.1) is 35.5 Å². The minimum absolute atomic E-state index is 0.0122. The molecule has 1 aliphatic heterocycles. The number of carbonyl (C=O) groups is 2. The van der Waals surface area contributed by atoms with Gasteiger partial charge in [-0.15, -0.1) is 0 Å². The highest BCUT2D eigenvalue weighted by molar-refractivity contribution is 6.06. The summed E-state index contributed by atoms with van der Waals surface area (Å²) in [5, 5.41) is 3.21. The van der Waals surface area contributed by atoms with Crippen molar-refractivity contribution < 1.29 is 14.3 Å². The third-order valence-electron chi connectivity index (χ3n) is 6.36. The van der Waals surface area contributed by atoms with E-state index in [1.165, 1.54) is 11.3 Å². The zero-order valence-corrected chi connectivity index (χ0v) is 14.2. The van der Waals surface area contributed by atoms with Crippen LogP contribution in [0.15, 0.2) is 36.4 Å². The second-order valence-electron chi connectivity index (χ2n) is 7.55. The van der Waals surface area contributed by atoms with E-state index in [1.807, 2.05) is 31.2 Å². The zero-order valence-electron chi connectivity index (χ0n) is 14.2. The molecule has 130 valence electrons. The lowest BCUT2D eigenvalue weighted by Crippen LogP contribution is -2.40. The van der Waals surface area contributed by atoms with Gasteiger partial charge in [0.05, 0.1) is 25.1 Å². The van der Waals surface area contributed by atoms with E-state index in [-0.39, 0.29) is 42.2 Å². The molecule has 1 aromatic carbocycles. The van der Waals surface area contributed by atoms with Gasteiger partial charge in [-0.25, -0.2) is 0 Å². The first-order valence-corrected chi connectivity index (χ1v) is 9.19. The van der Waals surface area contributed by atoms with Crippen LogP contribution in [-0.4, -0.2) is 30.0 Å². The van der Waals surface area contributed by atoms with E-state index in [4.69, 9.17) is 4.74 Å². The van der Waals surface area contributed by atoms with E-state index < -0.39 is 0 Å². The van der Waals surface area contributed by atoms with Crippen LogP contribution in [0.2, 0.25) is 0 Å². The minimum atomic E-state index is -0.117. The van der Waals surface area contributed by atoms with Gasteiger partial charge in [-0.1, -0.05) is 12.2 Å². The van der Waals surface area contributed by atoms with Gasteiger partial charge < -0.3 is 10.1 Å². The second kappa shape index (κ2) is 5.35. The van der Waals surface area contributed by atoms with Gasteiger partial charge in [0.2, 0.25) is 11.8 Å². The number of hydrogen-bond acceptors (Lipinski definition) is 4. The maximum absolute atomic E-state index is 12.9. The molecule has 25 heavy (non-hydrogen) atoms. The van der Waals surface area contributed by atoms with Gasteiger partial charge in [0, 0.05) is 5.69 Å². The summed E-state index contributed by atoms with van der Waals surface area (Å²) in [7, 11) is 0. The summed E-state index contributed by atoms with van der Waals surface area (Å²) in [6, 6.07) is 7.58. The van der Waals surface area contributed by atoms with Crippen molar-refractivity contribution in [2.24, 2.45) is 35.5 Å². The predicted molar refractivity (Wildman–Crippen MR) is 92.7 cm³/mol. The lowest BCUT2D eigenvalue weighted by molar-refractivity contribution is -0.139. The van der Waals surface area contributed by atoms with Crippen molar-refractivity contribution in [3.8, 4) is 5.75 Å². The summed E-state index contributed by atoms with van der Waals surface area (Å²) in [5.74, 6) is 2.46. The molecule has 0 spiro atoms. The van der Waals surface area contributed by atoms with Crippen LogP contribution in [0.3, 0.4) is 0 Å². The third-order valence-corrected chi connectivity index (χ3v) is 6.36. The van der Waals surface area contributed by atoms with Gasteiger partial charge in [0.1, 0.15) is 5.75 Å². The van der Waals surface area contributed by atoms with Crippen molar-refractivity contribution in [3.05, 3.63) is 36.4 Å². The van der Waals surface area contributed by atoms with Gasteiger partial charge in [-0.2, -0.15) is 0 Å². The van der Waals surface area contributed by atoms with Crippen LogP contribution in [0.5, 0.6) is 5.75 Å². The number of allylic oxidation sites excluding steroid dienone is 2. The monoisotopic (exact) mass is 338 g/mol. The molecule has 2 saturated carbocycles. The van der Waals surface area contributed by atoms with Crippen LogP contribution in [-0.2, 0) is 9.59 Å². The van der Waals surface area contributed by atoms with Gasteiger partial charge >= 0.3 is 0 Å². The molecule has 0 radical (unpaired) electrons. The summed E-state index contributed by atoms with van der Waals surface area (Å²) in [4.78, 5) is 27.2. The van der Waals surface area contributed by atoms with Crippen LogP contribution < -0.4 is 10.1 Å². The Bertz CT molecular complexity index is 721. The van der Waals surface area contributed by atoms with Crippen LogP contribution in [0.1, 0.15) is 13.3 Å².